The Kier molecular flexibility index (Phi) is 3.82. The van der Waals surface area contributed by atoms with Crippen molar-refractivity contribution in [2.24, 2.45) is 7.05 Å². The zero-order valence-corrected chi connectivity index (χ0v) is 10.8. The molecule has 17 heavy (non-hydrogen) atoms. The van der Waals surface area contributed by atoms with Crippen LogP contribution in [0.25, 0.3) is 0 Å². The maximum atomic E-state index is 5.91. The van der Waals surface area contributed by atoms with Crippen molar-refractivity contribution in [3.05, 3.63) is 53.1 Å². The van der Waals surface area contributed by atoms with Gasteiger partial charge >= 0.3 is 0 Å². The number of nitrogens with zero attached hydrogens (tertiary/aromatic N) is 2. The lowest BCUT2D eigenvalue weighted by Gasteiger charge is -2.18. The lowest BCUT2D eigenvalue weighted by atomic mass is 10.0. The molecule has 0 radical (unpaired) electrons. The summed E-state index contributed by atoms with van der Waals surface area (Å²) in [6, 6.07) is 8.07. The highest BCUT2D eigenvalue weighted by atomic mass is 35.5. The van der Waals surface area contributed by atoms with Crippen LogP contribution < -0.4 is 5.32 Å². The number of rotatable bonds is 4. The molecule has 3 nitrogen and oxygen atoms in total. The minimum Gasteiger partial charge on any atom is -0.336 e. The van der Waals surface area contributed by atoms with Gasteiger partial charge in [0.15, 0.2) is 0 Å². The van der Waals surface area contributed by atoms with Gasteiger partial charge in [-0.05, 0) is 24.2 Å². The highest BCUT2D eigenvalue weighted by Gasteiger charge is 2.15. The van der Waals surface area contributed by atoms with E-state index in [0.717, 1.165) is 17.3 Å². The van der Waals surface area contributed by atoms with Crippen molar-refractivity contribution in [1.82, 2.24) is 14.9 Å². The number of nitrogens with one attached hydrogen (secondary N) is 1. The van der Waals surface area contributed by atoms with Crippen LogP contribution in [0.5, 0.6) is 0 Å². The van der Waals surface area contributed by atoms with Crippen LogP contribution in [0.2, 0.25) is 5.02 Å². The zero-order valence-electron chi connectivity index (χ0n) is 10.0. The Morgan fingerprint density at radius 3 is 2.59 bits per heavy atom. The van der Waals surface area contributed by atoms with Crippen LogP contribution in [0.1, 0.15) is 24.2 Å². The van der Waals surface area contributed by atoms with Gasteiger partial charge in [0, 0.05) is 12.1 Å². The molecule has 1 aromatic heterocycles. The zero-order chi connectivity index (χ0) is 12.3. The van der Waals surface area contributed by atoms with Crippen molar-refractivity contribution in [3.8, 4) is 0 Å². The Labute approximate surface area is 106 Å². The summed E-state index contributed by atoms with van der Waals surface area (Å²) in [7, 11) is 2.00. The second-order valence-corrected chi connectivity index (χ2v) is 4.41. The molecule has 0 aliphatic rings. The lowest BCUT2D eigenvalue weighted by molar-refractivity contribution is 0.593. The molecule has 0 aliphatic carbocycles. The third kappa shape index (κ3) is 2.68. The molecule has 0 saturated carbocycles. The molecule has 90 valence electrons. The predicted octanol–water partition coefficient (Wildman–Crippen LogP) is 2.77. The minimum absolute atomic E-state index is 0.157. The van der Waals surface area contributed by atoms with Crippen LogP contribution >= 0.6 is 11.6 Å². The van der Waals surface area contributed by atoms with Crippen LogP contribution in [-0.2, 0) is 7.05 Å². The number of hydrogen-bond donors (Lipinski definition) is 1. The van der Waals surface area contributed by atoms with Gasteiger partial charge in [-0.25, -0.2) is 4.98 Å². The quantitative estimate of drug-likeness (QED) is 0.903. The normalized spacial score (nSPS) is 12.6. The van der Waals surface area contributed by atoms with Gasteiger partial charge < -0.3 is 9.88 Å². The smallest absolute Gasteiger partial charge is 0.0946 e. The Morgan fingerprint density at radius 1 is 1.35 bits per heavy atom. The maximum absolute atomic E-state index is 5.91. The monoisotopic (exact) mass is 249 g/mol. The van der Waals surface area contributed by atoms with Gasteiger partial charge in [-0.2, -0.15) is 0 Å². The number of aryl methyl sites for hydroxylation is 1. The molecular weight excluding hydrogens is 234 g/mol. The molecule has 0 saturated heterocycles. The van der Waals surface area contributed by atoms with Gasteiger partial charge in [-0.15, -0.1) is 0 Å². The number of halogens is 1. The van der Waals surface area contributed by atoms with Crippen molar-refractivity contribution in [3.63, 3.8) is 0 Å². The molecule has 0 amide bonds. The first-order valence-corrected chi connectivity index (χ1v) is 6.05. The summed E-state index contributed by atoms with van der Waals surface area (Å²) in [5.74, 6) is 0. The molecule has 0 bridgehead atoms. The molecule has 1 atom stereocenters. The molecule has 0 spiro atoms. The summed E-state index contributed by atoms with van der Waals surface area (Å²) in [4.78, 5) is 4.16. The molecule has 2 rings (SSSR count). The van der Waals surface area contributed by atoms with E-state index in [4.69, 9.17) is 11.6 Å². The van der Waals surface area contributed by atoms with Crippen LogP contribution in [0, 0.1) is 0 Å². The molecular formula is C13H16ClN3. The van der Waals surface area contributed by atoms with Gasteiger partial charge in [0.25, 0.3) is 0 Å². The van der Waals surface area contributed by atoms with Crippen molar-refractivity contribution in [2.45, 2.75) is 13.0 Å². The number of benzene rings is 1. The average Bonchev–Trinajstić information content (AvgIpc) is 2.74. The van der Waals surface area contributed by atoms with Crippen LogP contribution in [0.15, 0.2) is 36.8 Å². The van der Waals surface area contributed by atoms with E-state index < -0.39 is 0 Å². The minimum atomic E-state index is 0.157. The van der Waals surface area contributed by atoms with Gasteiger partial charge in [-0.3, -0.25) is 0 Å². The Bertz CT molecular complexity index is 476. The first-order chi connectivity index (χ1) is 8.22. The number of imidazole rings is 1. The fraction of sp³-hybridized carbons (Fsp3) is 0.308. The molecule has 0 fully saturated rings. The Hall–Kier alpha value is -1.32. The summed E-state index contributed by atoms with van der Waals surface area (Å²) in [5, 5.41) is 4.22. The summed E-state index contributed by atoms with van der Waals surface area (Å²) in [6.45, 7) is 3.00. The molecule has 1 unspecified atom stereocenters. The SMILES string of the molecule is CCNC(c1ccc(Cl)cc1)c1cncn1C. The molecule has 1 aromatic carbocycles. The predicted molar refractivity (Wildman–Crippen MR) is 70.2 cm³/mol. The van der Waals surface area contributed by atoms with E-state index in [0.29, 0.717) is 0 Å². The summed E-state index contributed by atoms with van der Waals surface area (Å²) < 4.78 is 2.03. The average molecular weight is 250 g/mol. The summed E-state index contributed by atoms with van der Waals surface area (Å²) >= 11 is 5.91. The number of aromatic nitrogens is 2. The fourth-order valence-electron chi connectivity index (χ4n) is 1.90. The van der Waals surface area contributed by atoms with E-state index >= 15 is 0 Å². The van der Waals surface area contributed by atoms with E-state index in [1.165, 1.54) is 5.56 Å². The van der Waals surface area contributed by atoms with Gasteiger partial charge in [0.2, 0.25) is 0 Å². The third-order valence-corrected chi connectivity index (χ3v) is 3.01. The van der Waals surface area contributed by atoms with Gasteiger partial charge in [0.05, 0.1) is 24.3 Å². The van der Waals surface area contributed by atoms with Crippen LogP contribution in [0.4, 0.5) is 0 Å². The topological polar surface area (TPSA) is 29.9 Å². The fourth-order valence-corrected chi connectivity index (χ4v) is 2.02. The largest absolute Gasteiger partial charge is 0.336 e. The summed E-state index contributed by atoms with van der Waals surface area (Å²) in [6.07, 6.45) is 3.71. The van der Waals surface area contributed by atoms with E-state index in [1.807, 2.05) is 48.4 Å². The van der Waals surface area contributed by atoms with Crippen molar-refractivity contribution >= 4 is 11.6 Å². The Balaban J connectivity index is 2.35. The molecule has 1 heterocycles. The first kappa shape index (κ1) is 12.1. The second kappa shape index (κ2) is 5.34. The standard InChI is InChI=1S/C13H16ClN3/c1-3-16-13(12-8-15-9-17(12)2)10-4-6-11(14)7-5-10/h4-9,13,16H,3H2,1-2H3. The van der Waals surface area contributed by atoms with Crippen molar-refractivity contribution in [1.29, 1.82) is 0 Å². The third-order valence-electron chi connectivity index (χ3n) is 2.76. The van der Waals surface area contributed by atoms with Gasteiger partial charge in [0.1, 0.15) is 0 Å². The van der Waals surface area contributed by atoms with Crippen LogP contribution in [-0.4, -0.2) is 16.1 Å². The van der Waals surface area contributed by atoms with Crippen molar-refractivity contribution in [2.75, 3.05) is 6.54 Å². The number of hydrogen-bond acceptors (Lipinski definition) is 2. The van der Waals surface area contributed by atoms with Crippen LogP contribution in [0.3, 0.4) is 0 Å². The van der Waals surface area contributed by atoms with Crippen molar-refractivity contribution < 1.29 is 0 Å². The second-order valence-electron chi connectivity index (χ2n) is 3.97. The molecule has 1 N–H and O–H groups in total. The van der Waals surface area contributed by atoms with E-state index in [1.54, 1.807) is 0 Å². The van der Waals surface area contributed by atoms with E-state index in [9.17, 15) is 0 Å². The molecule has 4 heteroatoms. The molecule has 2 aromatic rings. The maximum Gasteiger partial charge on any atom is 0.0946 e. The highest BCUT2D eigenvalue weighted by Crippen LogP contribution is 2.22. The lowest BCUT2D eigenvalue weighted by Crippen LogP contribution is -2.23. The van der Waals surface area contributed by atoms with E-state index in [2.05, 4.69) is 17.2 Å². The first-order valence-electron chi connectivity index (χ1n) is 5.67. The Morgan fingerprint density at radius 2 is 2.06 bits per heavy atom. The highest BCUT2D eigenvalue weighted by molar-refractivity contribution is 6.30. The summed E-state index contributed by atoms with van der Waals surface area (Å²) in [5.41, 5.74) is 2.34. The molecule has 0 aliphatic heterocycles. The van der Waals surface area contributed by atoms with Gasteiger partial charge in [-0.1, -0.05) is 30.7 Å². The van der Waals surface area contributed by atoms with E-state index in [-0.39, 0.29) is 6.04 Å².